The van der Waals surface area contributed by atoms with Crippen LogP contribution in [0, 0.1) is 0 Å². The van der Waals surface area contributed by atoms with E-state index < -0.39 is 0 Å². The van der Waals surface area contributed by atoms with Crippen molar-refractivity contribution in [3.63, 3.8) is 0 Å². The van der Waals surface area contributed by atoms with Crippen LogP contribution in [0.5, 0.6) is 17.2 Å². The van der Waals surface area contributed by atoms with E-state index in [-0.39, 0.29) is 6.10 Å². The molecule has 0 unspecified atom stereocenters. The average Bonchev–Trinajstić information content (AvgIpc) is 2.36. The number of halogens is 2. The number of hydrogen-bond acceptors (Lipinski definition) is 3. The van der Waals surface area contributed by atoms with Gasteiger partial charge in [0, 0.05) is 10.5 Å². The third kappa shape index (κ3) is 3.81. The van der Waals surface area contributed by atoms with Gasteiger partial charge in [-0.1, -0.05) is 27.5 Å². The molecule has 2 N–H and O–H groups in total. The van der Waals surface area contributed by atoms with Crippen molar-refractivity contribution < 1.29 is 9.47 Å². The van der Waals surface area contributed by atoms with Crippen LogP contribution in [0.4, 0.5) is 5.69 Å². The summed E-state index contributed by atoms with van der Waals surface area (Å²) >= 11 is 9.48. The lowest BCUT2D eigenvalue weighted by Crippen LogP contribution is -2.07. The lowest BCUT2D eigenvalue weighted by atomic mass is 10.2. The van der Waals surface area contributed by atoms with Gasteiger partial charge in [-0.15, -0.1) is 0 Å². The van der Waals surface area contributed by atoms with Crippen molar-refractivity contribution in [1.29, 1.82) is 0 Å². The molecule has 5 heteroatoms. The van der Waals surface area contributed by atoms with Crippen molar-refractivity contribution in [3.8, 4) is 17.2 Å². The molecule has 0 aliphatic rings. The fourth-order valence-electron chi connectivity index (χ4n) is 1.62. The Morgan fingerprint density at radius 2 is 1.85 bits per heavy atom. The molecule has 20 heavy (non-hydrogen) atoms. The van der Waals surface area contributed by atoms with Crippen molar-refractivity contribution in [2.45, 2.75) is 20.0 Å². The first-order valence-electron chi connectivity index (χ1n) is 6.15. The Morgan fingerprint density at radius 3 is 2.50 bits per heavy atom. The molecule has 0 heterocycles. The molecule has 0 spiro atoms. The fraction of sp³-hybridized carbons (Fsp3) is 0.200. The summed E-state index contributed by atoms with van der Waals surface area (Å²) < 4.78 is 12.3. The van der Waals surface area contributed by atoms with Crippen LogP contribution >= 0.6 is 27.5 Å². The molecule has 0 atom stereocenters. The van der Waals surface area contributed by atoms with Gasteiger partial charge in [0.25, 0.3) is 0 Å². The standard InChI is InChI=1S/C15H15BrClNO2/c1-9(2)19-15-8-11(4-5-13(15)18)20-14-6-3-10(16)7-12(14)17/h3-9H,18H2,1-2H3. The second kappa shape index (κ2) is 6.37. The summed E-state index contributed by atoms with van der Waals surface area (Å²) in [5.74, 6) is 1.81. The first kappa shape index (κ1) is 15.0. The highest BCUT2D eigenvalue weighted by molar-refractivity contribution is 9.10. The number of anilines is 1. The van der Waals surface area contributed by atoms with Crippen molar-refractivity contribution in [1.82, 2.24) is 0 Å². The minimum atomic E-state index is 0.0452. The molecule has 2 aromatic rings. The first-order chi connectivity index (χ1) is 9.45. The van der Waals surface area contributed by atoms with Gasteiger partial charge >= 0.3 is 0 Å². The second-order valence-electron chi connectivity index (χ2n) is 4.54. The zero-order valence-electron chi connectivity index (χ0n) is 11.2. The van der Waals surface area contributed by atoms with E-state index in [9.17, 15) is 0 Å². The largest absolute Gasteiger partial charge is 0.489 e. The highest BCUT2D eigenvalue weighted by Crippen LogP contribution is 2.34. The van der Waals surface area contributed by atoms with Crippen molar-refractivity contribution in [3.05, 3.63) is 45.9 Å². The smallest absolute Gasteiger partial charge is 0.146 e. The van der Waals surface area contributed by atoms with Crippen LogP contribution in [0.2, 0.25) is 5.02 Å². The van der Waals surface area contributed by atoms with Crippen molar-refractivity contribution >= 4 is 33.2 Å². The van der Waals surface area contributed by atoms with Gasteiger partial charge in [-0.25, -0.2) is 0 Å². The van der Waals surface area contributed by atoms with Crippen molar-refractivity contribution in [2.75, 3.05) is 5.73 Å². The number of nitrogen functional groups attached to an aromatic ring is 1. The second-order valence-corrected chi connectivity index (χ2v) is 5.87. The van der Waals surface area contributed by atoms with Gasteiger partial charge in [0.15, 0.2) is 0 Å². The van der Waals surface area contributed by atoms with Gasteiger partial charge < -0.3 is 15.2 Å². The van der Waals surface area contributed by atoms with E-state index in [4.69, 9.17) is 26.8 Å². The van der Waals surface area contributed by atoms with Gasteiger partial charge in [0.05, 0.1) is 16.8 Å². The Kier molecular flexibility index (Phi) is 4.78. The first-order valence-corrected chi connectivity index (χ1v) is 7.32. The molecule has 0 bridgehead atoms. The molecule has 2 aromatic carbocycles. The van der Waals surface area contributed by atoms with Crippen molar-refractivity contribution in [2.24, 2.45) is 0 Å². The molecule has 0 aliphatic heterocycles. The number of benzene rings is 2. The van der Waals surface area contributed by atoms with Crippen LogP contribution in [-0.4, -0.2) is 6.10 Å². The summed E-state index contributed by atoms with van der Waals surface area (Å²) in [7, 11) is 0. The molecule has 0 amide bonds. The third-order valence-electron chi connectivity index (χ3n) is 2.47. The molecule has 2 rings (SSSR count). The summed E-state index contributed by atoms with van der Waals surface area (Å²) in [5, 5.41) is 0.530. The Balaban J connectivity index is 2.25. The minimum absolute atomic E-state index is 0.0452. The van der Waals surface area contributed by atoms with Crippen LogP contribution in [0.1, 0.15) is 13.8 Å². The third-order valence-corrected chi connectivity index (χ3v) is 3.26. The van der Waals surface area contributed by atoms with E-state index in [2.05, 4.69) is 15.9 Å². The summed E-state index contributed by atoms with van der Waals surface area (Å²) in [6.07, 6.45) is 0.0452. The van der Waals surface area contributed by atoms with E-state index in [0.717, 1.165) is 4.47 Å². The molecule has 0 aliphatic carbocycles. The predicted molar refractivity (Wildman–Crippen MR) is 85.8 cm³/mol. The molecule has 0 aromatic heterocycles. The number of rotatable bonds is 4. The molecular formula is C15H15BrClNO2. The zero-order valence-corrected chi connectivity index (χ0v) is 13.5. The highest BCUT2D eigenvalue weighted by atomic mass is 79.9. The fourth-order valence-corrected chi connectivity index (χ4v) is 2.33. The maximum Gasteiger partial charge on any atom is 0.146 e. The average molecular weight is 357 g/mol. The van der Waals surface area contributed by atoms with Crippen LogP contribution in [0.3, 0.4) is 0 Å². The molecule has 106 valence electrons. The normalized spacial score (nSPS) is 10.7. The van der Waals surface area contributed by atoms with Gasteiger partial charge in [0.2, 0.25) is 0 Å². The summed E-state index contributed by atoms with van der Waals surface area (Å²) in [6.45, 7) is 3.89. The van der Waals surface area contributed by atoms with Gasteiger partial charge in [0.1, 0.15) is 17.2 Å². The SMILES string of the molecule is CC(C)Oc1cc(Oc2ccc(Br)cc2Cl)ccc1N. The molecule has 0 saturated carbocycles. The Labute approximate surface area is 131 Å². The Bertz CT molecular complexity index is 617. The number of nitrogens with two attached hydrogens (primary N) is 1. The minimum Gasteiger partial charge on any atom is -0.489 e. The zero-order chi connectivity index (χ0) is 14.7. The number of ether oxygens (including phenoxy) is 2. The topological polar surface area (TPSA) is 44.5 Å². The lowest BCUT2D eigenvalue weighted by Gasteiger charge is -2.14. The van der Waals surface area contributed by atoms with Crippen LogP contribution in [0.15, 0.2) is 40.9 Å². The molecule has 0 fully saturated rings. The number of hydrogen-bond donors (Lipinski definition) is 1. The predicted octanol–water partition coefficient (Wildman–Crippen LogP) is 5.26. The molecule has 0 radical (unpaired) electrons. The lowest BCUT2D eigenvalue weighted by molar-refractivity contribution is 0.243. The summed E-state index contributed by atoms with van der Waals surface area (Å²) in [6, 6.07) is 10.7. The highest BCUT2D eigenvalue weighted by Gasteiger charge is 2.08. The van der Waals surface area contributed by atoms with E-state index in [0.29, 0.717) is 28.0 Å². The van der Waals surface area contributed by atoms with E-state index >= 15 is 0 Å². The summed E-state index contributed by atoms with van der Waals surface area (Å²) in [4.78, 5) is 0. The maximum absolute atomic E-state index is 6.12. The Morgan fingerprint density at radius 1 is 1.10 bits per heavy atom. The molecule has 3 nitrogen and oxygen atoms in total. The molecular weight excluding hydrogens is 342 g/mol. The van der Waals surface area contributed by atoms with E-state index in [1.54, 1.807) is 30.3 Å². The van der Waals surface area contributed by atoms with Gasteiger partial charge in [-0.05, 0) is 44.2 Å². The maximum atomic E-state index is 6.12. The van der Waals surface area contributed by atoms with E-state index in [1.807, 2.05) is 19.9 Å². The van der Waals surface area contributed by atoms with Crippen LogP contribution in [0.25, 0.3) is 0 Å². The Hall–Kier alpha value is -1.39. The van der Waals surface area contributed by atoms with Gasteiger partial charge in [-0.2, -0.15) is 0 Å². The quantitative estimate of drug-likeness (QED) is 0.760. The monoisotopic (exact) mass is 355 g/mol. The van der Waals surface area contributed by atoms with Crippen LogP contribution in [-0.2, 0) is 0 Å². The van der Waals surface area contributed by atoms with Gasteiger partial charge in [-0.3, -0.25) is 0 Å². The van der Waals surface area contributed by atoms with E-state index in [1.165, 1.54) is 0 Å². The summed E-state index contributed by atoms with van der Waals surface area (Å²) in [5.41, 5.74) is 6.44. The van der Waals surface area contributed by atoms with Crippen LogP contribution < -0.4 is 15.2 Å². The molecule has 0 saturated heterocycles.